The average molecular weight is 612 g/mol. The maximum atomic E-state index is 13.9. The van der Waals surface area contributed by atoms with Crippen LogP contribution in [0.3, 0.4) is 0 Å². The quantitative estimate of drug-likeness (QED) is 0.212. The Kier molecular flexibility index (Phi) is 12.4. The molecule has 3 aromatic carbocycles. The molecule has 226 valence electrons. The molecule has 0 unspecified atom stereocenters. The van der Waals surface area contributed by atoms with Gasteiger partial charge in [0.25, 0.3) is 0 Å². The Morgan fingerprint density at radius 1 is 0.952 bits per heavy atom. The van der Waals surface area contributed by atoms with Crippen LogP contribution in [0.25, 0.3) is 0 Å². The van der Waals surface area contributed by atoms with E-state index >= 15 is 0 Å². The lowest BCUT2D eigenvalue weighted by Gasteiger charge is -2.32. The summed E-state index contributed by atoms with van der Waals surface area (Å²) in [5.74, 6) is -0.461. The van der Waals surface area contributed by atoms with E-state index in [-0.39, 0.29) is 37.7 Å². The molecule has 0 saturated heterocycles. The molecule has 3 aromatic rings. The molecule has 9 heteroatoms. The van der Waals surface area contributed by atoms with Gasteiger partial charge in [0, 0.05) is 37.5 Å². The number of amides is 2. The molecule has 2 amide bonds. The monoisotopic (exact) mass is 611 g/mol. The third-order valence-corrected chi connectivity index (χ3v) is 8.73. The summed E-state index contributed by atoms with van der Waals surface area (Å²) in [6, 6.07) is 21.8. The van der Waals surface area contributed by atoms with Crippen molar-refractivity contribution in [1.29, 1.82) is 0 Å². The van der Waals surface area contributed by atoms with Gasteiger partial charge < -0.3 is 10.2 Å². The second-order valence-corrected chi connectivity index (χ2v) is 13.0. The van der Waals surface area contributed by atoms with Crippen LogP contribution in [0.2, 0.25) is 5.02 Å². The Balaban J connectivity index is 1.90. The topological polar surface area (TPSA) is 86.8 Å². The van der Waals surface area contributed by atoms with Crippen molar-refractivity contribution in [1.82, 2.24) is 10.2 Å². The Labute approximate surface area is 255 Å². The van der Waals surface area contributed by atoms with Gasteiger partial charge in [-0.1, -0.05) is 85.6 Å². The number of nitrogens with zero attached hydrogens (tertiary/aromatic N) is 2. The predicted octanol–water partition coefficient (Wildman–Crippen LogP) is 6.06. The lowest BCUT2D eigenvalue weighted by atomic mass is 10.0. The first kappa shape index (κ1) is 33.1. The summed E-state index contributed by atoms with van der Waals surface area (Å²) in [6.07, 6.45) is 3.64. The van der Waals surface area contributed by atoms with E-state index in [9.17, 15) is 18.0 Å². The number of rotatable bonds is 15. The molecule has 42 heavy (non-hydrogen) atoms. The number of benzene rings is 3. The molecular formula is C33H42ClN3O4S. The minimum Gasteiger partial charge on any atom is -0.354 e. The average Bonchev–Trinajstić information content (AvgIpc) is 2.95. The molecule has 1 atom stereocenters. The van der Waals surface area contributed by atoms with Gasteiger partial charge in [-0.05, 0) is 61.1 Å². The lowest BCUT2D eigenvalue weighted by molar-refractivity contribution is -0.141. The normalized spacial score (nSPS) is 12.0. The van der Waals surface area contributed by atoms with Crippen LogP contribution in [0.1, 0.15) is 54.9 Å². The van der Waals surface area contributed by atoms with E-state index < -0.39 is 16.1 Å². The number of nitrogens with one attached hydrogen (secondary N) is 1. The number of unbranched alkanes of at least 4 members (excludes halogenated alkanes) is 1. The summed E-state index contributed by atoms with van der Waals surface area (Å²) in [4.78, 5) is 29.1. The van der Waals surface area contributed by atoms with Gasteiger partial charge in [-0.3, -0.25) is 13.9 Å². The largest absolute Gasteiger partial charge is 0.354 e. The van der Waals surface area contributed by atoms with Gasteiger partial charge in [-0.15, -0.1) is 0 Å². The number of hydrogen-bond acceptors (Lipinski definition) is 4. The zero-order chi connectivity index (χ0) is 30.7. The summed E-state index contributed by atoms with van der Waals surface area (Å²) in [6.45, 7) is 6.66. The minimum atomic E-state index is -3.59. The molecule has 0 heterocycles. The highest BCUT2D eigenvalue weighted by Crippen LogP contribution is 2.25. The number of hydrogen-bond donors (Lipinski definition) is 1. The first-order valence-corrected chi connectivity index (χ1v) is 16.6. The van der Waals surface area contributed by atoms with Crippen molar-refractivity contribution in [3.63, 3.8) is 0 Å². The third kappa shape index (κ3) is 9.60. The van der Waals surface area contributed by atoms with Crippen LogP contribution in [0.4, 0.5) is 5.69 Å². The smallest absolute Gasteiger partial charge is 0.243 e. The number of carbonyl (C=O) groups is 2. The summed E-state index contributed by atoms with van der Waals surface area (Å²) in [5, 5.41) is 3.53. The van der Waals surface area contributed by atoms with Crippen molar-refractivity contribution in [2.24, 2.45) is 0 Å². The van der Waals surface area contributed by atoms with Crippen LogP contribution < -0.4 is 9.62 Å². The van der Waals surface area contributed by atoms with Gasteiger partial charge >= 0.3 is 0 Å². The second-order valence-electron chi connectivity index (χ2n) is 10.7. The van der Waals surface area contributed by atoms with Crippen LogP contribution in [-0.4, -0.2) is 50.5 Å². The third-order valence-electron chi connectivity index (χ3n) is 7.18. The summed E-state index contributed by atoms with van der Waals surface area (Å²) < 4.78 is 26.9. The zero-order valence-corrected chi connectivity index (χ0v) is 26.5. The lowest BCUT2D eigenvalue weighted by Crippen LogP contribution is -2.50. The molecule has 0 spiro atoms. The first-order valence-electron chi connectivity index (χ1n) is 14.4. The molecule has 0 saturated carbocycles. The van der Waals surface area contributed by atoms with Gasteiger partial charge in [0.15, 0.2) is 0 Å². The van der Waals surface area contributed by atoms with Crippen molar-refractivity contribution < 1.29 is 18.0 Å². The molecular weight excluding hydrogens is 570 g/mol. The number of halogens is 1. The van der Waals surface area contributed by atoms with Gasteiger partial charge in [0.1, 0.15) is 6.04 Å². The maximum Gasteiger partial charge on any atom is 0.243 e. The minimum absolute atomic E-state index is 0.0644. The highest BCUT2D eigenvalue weighted by atomic mass is 35.5. The van der Waals surface area contributed by atoms with Gasteiger partial charge in [-0.25, -0.2) is 8.42 Å². The molecule has 0 bridgehead atoms. The zero-order valence-electron chi connectivity index (χ0n) is 25.0. The van der Waals surface area contributed by atoms with Gasteiger partial charge in [0.2, 0.25) is 21.8 Å². The molecule has 0 aliphatic carbocycles. The molecule has 0 radical (unpaired) electrons. The molecule has 3 rings (SSSR count). The molecule has 0 fully saturated rings. The summed E-state index contributed by atoms with van der Waals surface area (Å²) >= 11 is 6.50. The molecule has 7 nitrogen and oxygen atoms in total. The highest BCUT2D eigenvalue weighted by Gasteiger charge is 2.31. The van der Waals surface area contributed by atoms with E-state index in [2.05, 4.69) is 12.2 Å². The van der Waals surface area contributed by atoms with E-state index in [1.165, 1.54) is 10.6 Å². The van der Waals surface area contributed by atoms with Crippen LogP contribution in [-0.2, 0) is 32.6 Å². The Bertz CT molecular complexity index is 1450. The van der Waals surface area contributed by atoms with Crippen molar-refractivity contribution in [3.8, 4) is 0 Å². The van der Waals surface area contributed by atoms with Gasteiger partial charge in [0.05, 0.1) is 11.9 Å². The standard InChI is InChI=1S/C33H42ClN3O4S/c1-5-6-20-35-33(39)31(23-27-13-8-7-9-14-27)36(24-28-15-10-11-16-29(28)34)32(38)17-12-21-37(42(4,40)41)30-22-25(2)18-19-26(30)3/h7-11,13-16,18-19,22,31H,5-6,12,17,20-21,23-24H2,1-4H3,(H,35,39)/t31-/m0/s1. The Morgan fingerprint density at radius 2 is 1.64 bits per heavy atom. The Hall–Kier alpha value is -3.36. The molecule has 0 aliphatic rings. The molecule has 0 aromatic heterocycles. The molecule has 1 N–H and O–H groups in total. The number of anilines is 1. The van der Waals surface area contributed by atoms with Crippen molar-refractivity contribution in [3.05, 3.63) is 100 Å². The van der Waals surface area contributed by atoms with Crippen molar-refractivity contribution in [2.75, 3.05) is 23.7 Å². The van der Waals surface area contributed by atoms with E-state index in [4.69, 9.17) is 11.6 Å². The van der Waals surface area contributed by atoms with Crippen LogP contribution in [0.5, 0.6) is 0 Å². The van der Waals surface area contributed by atoms with Crippen molar-refractivity contribution in [2.45, 2.75) is 65.5 Å². The number of carbonyl (C=O) groups excluding carboxylic acids is 2. The van der Waals surface area contributed by atoms with Crippen LogP contribution in [0.15, 0.2) is 72.8 Å². The van der Waals surface area contributed by atoms with E-state index in [1.54, 1.807) is 11.0 Å². The summed E-state index contributed by atoms with van der Waals surface area (Å²) in [5.41, 5.74) is 4.06. The number of aryl methyl sites for hydroxylation is 2. The fraction of sp³-hybridized carbons (Fsp3) is 0.394. The number of sulfonamides is 1. The molecule has 0 aliphatic heterocycles. The fourth-order valence-corrected chi connectivity index (χ4v) is 6.05. The first-order chi connectivity index (χ1) is 20.0. The van der Waals surface area contributed by atoms with E-state index in [1.807, 2.05) is 80.6 Å². The van der Waals surface area contributed by atoms with Crippen LogP contribution >= 0.6 is 11.6 Å². The SMILES string of the molecule is CCCCNC(=O)[C@H](Cc1ccccc1)N(Cc1ccccc1Cl)C(=O)CCCN(c1cc(C)ccc1C)S(C)(=O)=O. The highest BCUT2D eigenvalue weighted by molar-refractivity contribution is 7.92. The second kappa shape index (κ2) is 15.8. The maximum absolute atomic E-state index is 13.9. The van der Waals surface area contributed by atoms with Crippen molar-refractivity contribution >= 4 is 39.1 Å². The van der Waals surface area contributed by atoms with E-state index in [0.29, 0.717) is 23.7 Å². The fourth-order valence-electron chi connectivity index (χ4n) is 4.84. The van der Waals surface area contributed by atoms with Gasteiger partial charge in [-0.2, -0.15) is 0 Å². The predicted molar refractivity (Wildman–Crippen MR) is 171 cm³/mol. The Morgan fingerprint density at radius 3 is 2.31 bits per heavy atom. The van der Waals surface area contributed by atoms with E-state index in [0.717, 1.165) is 35.1 Å². The van der Waals surface area contributed by atoms with Crippen LogP contribution in [0, 0.1) is 13.8 Å². The summed E-state index contributed by atoms with van der Waals surface area (Å²) in [7, 11) is -3.59.